The van der Waals surface area contributed by atoms with Gasteiger partial charge in [0.2, 0.25) is 0 Å². The minimum Gasteiger partial charge on any atom is -0.255 e. The number of nitrogens with zero attached hydrogens (tertiary/aromatic N) is 1. The van der Waals surface area contributed by atoms with Crippen LogP contribution in [-0.4, -0.2) is 4.98 Å². The number of rotatable bonds is 4. The van der Waals surface area contributed by atoms with Gasteiger partial charge >= 0.3 is 0 Å². The molecule has 2 aliphatic heterocycles. The second-order valence-electron chi connectivity index (χ2n) is 11.9. The summed E-state index contributed by atoms with van der Waals surface area (Å²) >= 11 is 0. The molecule has 0 saturated heterocycles. The van der Waals surface area contributed by atoms with Crippen molar-refractivity contribution in [2.45, 2.75) is 10.8 Å². The SMILES string of the molecule is c1ccc(C2(c3ccccc3)c3ccccc3P3c4ncccc4C(c4ccccc4)(c4ccccc4)c4cccc2c43)cc1. The van der Waals surface area contributed by atoms with Gasteiger partial charge in [-0.2, -0.15) is 0 Å². The van der Waals surface area contributed by atoms with Crippen LogP contribution in [0.3, 0.4) is 0 Å². The van der Waals surface area contributed by atoms with Crippen molar-refractivity contribution in [1.29, 1.82) is 0 Å². The van der Waals surface area contributed by atoms with E-state index in [0.29, 0.717) is 0 Å². The summed E-state index contributed by atoms with van der Waals surface area (Å²) in [5.41, 5.74) is 10.6. The molecule has 9 rings (SSSR count). The van der Waals surface area contributed by atoms with Gasteiger partial charge in [-0.1, -0.05) is 170 Å². The van der Waals surface area contributed by atoms with Gasteiger partial charge in [0.15, 0.2) is 0 Å². The number of benzene rings is 6. The topological polar surface area (TPSA) is 12.9 Å². The number of hydrogen-bond donors (Lipinski definition) is 0. The maximum absolute atomic E-state index is 5.31. The molecule has 6 aromatic carbocycles. The quantitative estimate of drug-likeness (QED) is 0.188. The van der Waals surface area contributed by atoms with Crippen molar-refractivity contribution in [3.63, 3.8) is 0 Å². The van der Waals surface area contributed by atoms with Gasteiger partial charge in [-0.3, -0.25) is 4.98 Å². The molecule has 2 heteroatoms. The fourth-order valence-corrected chi connectivity index (χ4v) is 11.2. The largest absolute Gasteiger partial charge is 0.255 e. The molecule has 7 aromatic rings. The Balaban J connectivity index is 1.52. The molecule has 0 amide bonds. The van der Waals surface area contributed by atoms with E-state index in [1.165, 1.54) is 60.6 Å². The summed E-state index contributed by atoms with van der Waals surface area (Å²) in [5, 5.41) is 2.81. The fourth-order valence-electron chi connectivity index (χ4n) is 8.20. The molecule has 1 atom stereocenters. The second-order valence-corrected chi connectivity index (χ2v) is 13.9. The van der Waals surface area contributed by atoms with E-state index in [1.54, 1.807) is 0 Å². The van der Waals surface area contributed by atoms with Crippen molar-refractivity contribution < 1.29 is 0 Å². The van der Waals surface area contributed by atoms with E-state index >= 15 is 0 Å². The van der Waals surface area contributed by atoms with E-state index < -0.39 is 18.8 Å². The first-order chi connectivity index (χ1) is 22.4. The number of pyridine rings is 1. The van der Waals surface area contributed by atoms with Crippen LogP contribution >= 0.6 is 7.92 Å². The van der Waals surface area contributed by atoms with E-state index in [-0.39, 0.29) is 0 Å². The molecule has 212 valence electrons. The monoisotopic (exact) mass is 591 g/mol. The van der Waals surface area contributed by atoms with Crippen molar-refractivity contribution >= 4 is 24.0 Å². The molecule has 0 radical (unpaired) electrons. The first-order valence-electron chi connectivity index (χ1n) is 15.6. The van der Waals surface area contributed by atoms with Crippen LogP contribution in [0.1, 0.15) is 44.5 Å². The van der Waals surface area contributed by atoms with Crippen LogP contribution in [0.15, 0.2) is 182 Å². The van der Waals surface area contributed by atoms with E-state index in [0.717, 1.165) is 0 Å². The highest BCUT2D eigenvalue weighted by Crippen LogP contribution is 2.59. The van der Waals surface area contributed by atoms with Gasteiger partial charge in [0.1, 0.15) is 0 Å². The fraction of sp³-hybridized carbons (Fsp3) is 0.0465. The smallest absolute Gasteiger partial charge is 0.0768 e. The van der Waals surface area contributed by atoms with Crippen LogP contribution in [0.25, 0.3) is 0 Å². The first-order valence-corrected chi connectivity index (χ1v) is 16.9. The second kappa shape index (κ2) is 10.2. The zero-order valence-electron chi connectivity index (χ0n) is 24.7. The lowest BCUT2D eigenvalue weighted by Crippen LogP contribution is -2.53. The Hall–Kier alpha value is -5.10. The van der Waals surface area contributed by atoms with Crippen LogP contribution in [0.2, 0.25) is 0 Å². The summed E-state index contributed by atoms with van der Waals surface area (Å²) in [4.78, 5) is 5.31. The van der Waals surface area contributed by atoms with Crippen LogP contribution in [0, 0.1) is 0 Å². The molecule has 45 heavy (non-hydrogen) atoms. The first kappa shape index (κ1) is 26.3. The van der Waals surface area contributed by atoms with Crippen molar-refractivity contribution in [2.24, 2.45) is 0 Å². The van der Waals surface area contributed by atoms with Crippen LogP contribution in [-0.2, 0) is 10.8 Å². The molecular formula is C43H30NP. The third kappa shape index (κ3) is 3.51. The number of aromatic nitrogens is 1. The number of fused-ring (bicyclic) bond motifs is 4. The van der Waals surface area contributed by atoms with Crippen LogP contribution in [0.4, 0.5) is 0 Å². The Morgan fingerprint density at radius 1 is 0.356 bits per heavy atom. The molecular weight excluding hydrogens is 561 g/mol. The van der Waals surface area contributed by atoms with E-state index in [1.807, 2.05) is 6.20 Å². The van der Waals surface area contributed by atoms with Gasteiger partial charge in [0.05, 0.1) is 16.3 Å². The Kier molecular flexibility index (Phi) is 5.98. The zero-order chi connectivity index (χ0) is 29.8. The minimum atomic E-state index is -0.941. The summed E-state index contributed by atoms with van der Waals surface area (Å²) < 4.78 is 0. The average molecular weight is 592 g/mol. The van der Waals surface area contributed by atoms with Gasteiger partial charge in [-0.25, -0.2) is 0 Å². The summed E-state index contributed by atoms with van der Waals surface area (Å²) in [6, 6.07) is 65.1. The zero-order valence-corrected chi connectivity index (χ0v) is 25.6. The lowest BCUT2D eigenvalue weighted by Gasteiger charge is -2.51. The predicted octanol–water partition coefficient (Wildman–Crippen LogP) is 8.23. The van der Waals surface area contributed by atoms with Crippen molar-refractivity contribution in [3.8, 4) is 0 Å². The van der Waals surface area contributed by atoms with Gasteiger partial charge < -0.3 is 0 Å². The summed E-state index contributed by atoms with van der Waals surface area (Å²) in [6.07, 6.45) is 1.99. The third-order valence-electron chi connectivity index (χ3n) is 9.85. The lowest BCUT2D eigenvalue weighted by atomic mass is 9.61. The Labute approximate surface area is 265 Å². The Bertz CT molecular complexity index is 1930. The van der Waals surface area contributed by atoms with E-state index in [2.05, 4.69) is 176 Å². The highest BCUT2D eigenvalue weighted by atomic mass is 31.1. The third-order valence-corrected chi connectivity index (χ3v) is 12.4. The van der Waals surface area contributed by atoms with Gasteiger partial charge in [0, 0.05) is 14.1 Å². The highest BCUT2D eigenvalue weighted by molar-refractivity contribution is 7.80. The molecule has 2 aliphatic rings. The Morgan fingerprint density at radius 2 is 0.756 bits per heavy atom. The molecule has 0 fully saturated rings. The Morgan fingerprint density at radius 3 is 1.27 bits per heavy atom. The standard InChI is InChI=1S/C43H30NP/c1-5-17-31(18-6-1)42(32-19-7-2-8-20-32)35-25-13-14-29-39(35)45-40-36(42)26-15-27-37(40)43(33-21-9-3-10-22-33,34-23-11-4-12-24-34)38-28-16-30-44-41(38)45/h1-30H. The normalized spacial score (nSPS) is 16.6. The van der Waals surface area contributed by atoms with E-state index in [9.17, 15) is 0 Å². The van der Waals surface area contributed by atoms with Crippen molar-refractivity contribution in [3.05, 3.63) is 227 Å². The van der Waals surface area contributed by atoms with E-state index in [4.69, 9.17) is 4.98 Å². The summed E-state index contributed by atoms with van der Waals surface area (Å²) in [7, 11) is -0.941. The van der Waals surface area contributed by atoms with Gasteiger partial charge in [-0.05, 0) is 61.2 Å². The predicted molar refractivity (Wildman–Crippen MR) is 187 cm³/mol. The van der Waals surface area contributed by atoms with Gasteiger partial charge in [0.25, 0.3) is 0 Å². The summed E-state index contributed by atoms with van der Waals surface area (Å²) in [5.74, 6) is 0. The van der Waals surface area contributed by atoms with Crippen LogP contribution in [0.5, 0.6) is 0 Å². The van der Waals surface area contributed by atoms with Gasteiger partial charge in [-0.15, -0.1) is 0 Å². The molecule has 1 aromatic heterocycles. The molecule has 0 spiro atoms. The highest BCUT2D eigenvalue weighted by Gasteiger charge is 2.54. The maximum atomic E-state index is 5.31. The number of hydrogen-bond acceptors (Lipinski definition) is 1. The van der Waals surface area contributed by atoms with Crippen molar-refractivity contribution in [1.82, 2.24) is 4.98 Å². The average Bonchev–Trinajstić information content (AvgIpc) is 3.13. The molecule has 0 N–H and O–H groups in total. The van der Waals surface area contributed by atoms with Crippen molar-refractivity contribution in [2.75, 3.05) is 0 Å². The molecule has 0 saturated carbocycles. The molecule has 1 nitrogen and oxygen atoms in total. The molecule has 0 bridgehead atoms. The molecule has 3 heterocycles. The van der Waals surface area contributed by atoms with Crippen LogP contribution < -0.4 is 16.0 Å². The minimum absolute atomic E-state index is 0.491. The molecule has 0 aliphatic carbocycles. The molecule has 1 unspecified atom stereocenters. The summed E-state index contributed by atoms with van der Waals surface area (Å²) in [6.45, 7) is 0. The lowest BCUT2D eigenvalue weighted by molar-refractivity contribution is 0.724. The maximum Gasteiger partial charge on any atom is 0.0768 e.